The zero-order chi connectivity index (χ0) is 14.3. The lowest BCUT2D eigenvalue weighted by Crippen LogP contribution is -2.41. The second kappa shape index (κ2) is 9.44. The molecular formula is C13H21Cl2N5. The van der Waals surface area contributed by atoms with Crippen LogP contribution in [0.1, 0.15) is 20.8 Å². The van der Waals surface area contributed by atoms with E-state index in [9.17, 15) is 0 Å². The molecule has 0 amide bonds. The maximum atomic E-state index is 5.84. The highest BCUT2D eigenvalue weighted by Gasteiger charge is 2.02. The Balaban J connectivity index is 0.00000361. The molecule has 1 aromatic rings. The SMILES string of the molecule is CCN=C(NC(N)=NC(C)C)Nc1ccc(Cl)cc1.Cl. The fraction of sp³-hybridized carbons (Fsp3) is 0.385. The van der Waals surface area contributed by atoms with Crippen LogP contribution in [-0.4, -0.2) is 24.5 Å². The van der Waals surface area contributed by atoms with Crippen molar-refractivity contribution in [1.29, 1.82) is 0 Å². The summed E-state index contributed by atoms with van der Waals surface area (Å²) < 4.78 is 0. The van der Waals surface area contributed by atoms with Gasteiger partial charge in [0.05, 0.1) is 0 Å². The fourth-order valence-electron chi connectivity index (χ4n) is 1.37. The summed E-state index contributed by atoms with van der Waals surface area (Å²) in [5, 5.41) is 6.77. The molecule has 20 heavy (non-hydrogen) atoms. The first kappa shape index (κ1) is 18.5. The normalized spacial score (nSPS) is 12.1. The Morgan fingerprint density at radius 2 is 1.90 bits per heavy atom. The Kier molecular flexibility index (Phi) is 8.76. The lowest BCUT2D eigenvalue weighted by molar-refractivity contribution is 0.827. The summed E-state index contributed by atoms with van der Waals surface area (Å²) in [4.78, 5) is 8.49. The molecule has 0 atom stereocenters. The second-order valence-corrected chi connectivity index (χ2v) is 4.62. The van der Waals surface area contributed by atoms with E-state index in [1.807, 2.05) is 32.9 Å². The Labute approximate surface area is 131 Å². The molecule has 0 fully saturated rings. The summed E-state index contributed by atoms with van der Waals surface area (Å²) in [5.74, 6) is 0.899. The second-order valence-electron chi connectivity index (χ2n) is 4.19. The molecule has 112 valence electrons. The molecule has 4 N–H and O–H groups in total. The van der Waals surface area contributed by atoms with Crippen LogP contribution in [0.25, 0.3) is 0 Å². The third-order valence-electron chi connectivity index (χ3n) is 2.07. The van der Waals surface area contributed by atoms with E-state index >= 15 is 0 Å². The zero-order valence-electron chi connectivity index (χ0n) is 11.9. The van der Waals surface area contributed by atoms with Crippen molar-refractivity contribution in [3.63, 3.8) is 0 Å². The van der Waals surface area contributed by atoms with Crippen LogP contribution >= 0.6 is 24.0 Å². The van der Waals surface area contributed by atoms with Gasteiger partial charge in [-0.3, -0.25) is 15.3 Å². The van der Waals surface area contributed by atoms with E-state index in [0.29, 0.717) is 23.5 Å². The quantitative estimate of drug-likeness (QED) is 0.592. The molecule has 7 heteroatoms. The number of nitrogens with one attached hydrogen (secondary N) is 2. The molecule has 0 saturated heterocycles. The van der Waals surface area contributed by atoms with Crippen LogP contribution < -0.4 is 16.4 Å². The van der Waals surface area contributed by atoms with Gasteiger partial charge >= 0.3 is 0 Å². The number of halogens is 2. The number of anilines is 1. The minimum absolute atomic E-state index is 0. The maximum Gasteiger partial charge on any atom is 0.202 e. The van der Waals surface area contributed by atoms with Crippen molar-refractivity contribution >= 4 is 41.6 Å². The lowest BCUT2D eigenvalue weighted by Gasteiger charge is -2.12. The summed E-state index contributed by atoms with van der Waals surface area (Å²) in [5.41, 5.74) is 6.66. The van der Waals surface area contributed by atoms with Crippen LogP contribution in [0.3, 0.4) is 0 Å². The van der Waals surface area contributed by atoms with Gasteiger partial charge in [-0.15, -0.1) is 12.4 Å². The summed E-state index contributed by atoms with van der Waals surface area (Å²) in [6, 6.07) is 7.47. The number of nitrogens with zero attached hydrogens (tertiary/aromatic N) is 2. The number of hydrogen-bond donors (Lipinski definition) is 3. The van der Waals surface area contributed by atoms with E-state index < -0.39 is 0 Å². The molecule has 1 aromatic carbocycles. The van der Waals surface area contributed by atoms with E-state index in [2.05, 4.69) is 20.6 Å². The molecule has 0 spiro atoms. The molecule has 1 rings (SSSR count). The van der Waals surface area contributed by atoms with Crippen LogP contribution in [0, 0.1) is 0 Å². The van der Waals surface area contributed by atoms with Gasteiger partial charge in [0.25, 0.3) is 0 Å². The molecule has 5 nitrogen and oxygen atoms in total. The lowest BCUT2D eigenvalue weighted by atomic mass is 10.3. The van der Waals surface area contributed by atoms with Crippen molar-refractivity contribution in [3.05, 3.63) is 29.3 Å². The first-order valence-corrected chi connectivity index (χ1v) is 6.56. The molecule has 0 heterocycles. The average molecular weight is 318 g/mol. The van der Waals surface area contributed by atoms with Gasteiger partial charge in [0.15, 0.2) is 5.96 Å². The van der Waals surface area contributed by atoms with Crippen molar-refractivity contribution in [2.24, 2.45) is 15.7 Å². The van der Waals surface area contributed by atoms with Gasteiger partial charge in [-0.25, -0.2) is 0 Å². The average Bonchev–Trinajstić information content (AvgIpc) is 2.31. The number of benzene rings is 1. The monoisotopic (exact) mass is 317 g/mol. The van der Waals surface area contributed by atoms with Gasteiger partial charge in [-0.1, -0.05) is 11.6 Å². The summed E-state index contributed by atoms with van der Waals surface area (Å²) in [6.07, 6.45) is 0. The van der Waals surface area contributed by atoms with Crippen molar-refractivity contribution < 1.29 is 0 Å². The molecular weight excluding hydrogens is 297 g/mol. The third-order valence-corrected chi connectivity index (χ3v) is 2.32. The largest absolute Gasteiger partial charge is 0.370 e. The van der Waals surface area contributed by atoms with Gasteiger partial charge in [0.2, 0.25) is 5.96 Å². The van der Waals surface area contributed by atoms with Crippen LogP contribution in [0.2, 0.25) is 5.02 Å². The van der Waals surface area contributed by atoms with Gasteiger partial charge in [0.1, 0.15) is 0 Å². The highest BCUT2D eigenvalue weighted by molar-refractivity contribution is 6.30. The highest BCUT2D eigenvalue weighted by Crippen LogP contribution is 2.13. The van der Waals surface area contributed by atoms with Crippen LogP contribution in [0.5, 0.6) is 0 Å². The molecule has 0 aliphatic rings. The van der Waals surface area contributed by atoms with E-state index in [1.165, 1.54) is 0 Å². The molecule has 0 aromatic heterocycles. The van der Waals surface area contributed by atoms with Crippen LogP contribution in [0.4, 0.5) is 5.69 Å². The first-order chi connectivity index (χ1) is 9.01. The van der Waals surface area contributed by atoms with E-state index in [0.717, 1.165) is 5.69 Å². The molecule has 0 unspecified atom stereocenters. The van der Waals surface area contributed by atoms with Gasteiger partial charge in [-0.05, 0) is 45.0 Å². The molecule has 0 saturated carbocycles. The first-order valence-electron chi connectivity index (χ1n) is 6.18. The van der Waals surface area contributed by atoms with Gasteiger partial charge < -0.3 is 11.1 Å². The van der Waals surface area contributed by atoms with E-state index in [4.69, 9.17) is 17.3 Å². The Hall–Kier alpha value is -1.46. The summed E-state index contributed by atoms with van der Waals surface area (Å²) >= 11 is 5.84. The number of guanidine groups is 2. The van der Waals surface area contributed by atoms with Gasteiger partial charge in [0, 0.05) is 23.3 Å². The van der Waals surface area contributed by atoms with E-state index in [1.54, 1.807) is 12.1 Å². The van der Waals surface area contributed by atoms with Crippen molar-refractivity contribution in [1.82, 2.24) is 5.32 Å². The van der Waals surface area contributed by atoms with Crippen LogP contribution in [-0.2, 0) is 0 Å². The fourth-order valence-corrected chi connectivity index (χ4v) is 1.50. The molecule has 0 radical (unpaired) electrons. The Morgan fingerprint density at radius 3 is 2.40 bits per heavy atom. The molecule has 0 aliphatic heterocycles. The number of hydrogen-bond acceptors (Lipinski definition) is 2. The molecule has 0 aliphatic carbocycles. The number of aliphatic imine (C=N–C) groups is 2. The van der Waals surface area contributed by atoms with Gasteiger partial charge in [-0.2, -0.15) is 0 Å². The minimum atomic E-state index is 0. The van der Waals surface area contributed by atoms with Crippen molar-refractivity contribution in [2.75, 3.05) is 11.9 Å². The smallest absolute Gasteiger partial charge is 0.202 e. The predicted molar refractivity (Wildman–Crippen MR) is 90.2 cm³/mol. The van der Waals surface area contributed by atoms with Crippen molar-refractivity contribution in [3.8, 4) is 0 Å². The number of nitrogens with two attached hydrogens (primary N) is 1. The number of rotatable bonds is 3. The maximum absolute atomic E-state index is 5.84. The highest BCUT2D eigenvalue weighted by atomic mass is 35.5. The molecule has 0 bridgehead atoms. The third kappa shape index (κ3) is 7.21. The van der Waals surface area contributed by atoms with Crippen molar-refractivity contribution in [2.45, 2.75) is 26.8 Å². The van der Waals surface area contributed by atoms with E-state index in [-0.39, 0.29) is 18.4 Å². The minimum Gasteiger partial charge on any atom is -0.370 e. The Morgan fingerprint density at radius 1 is 1.30 bits per heavy atom. The summed E-state index contributed by atoms with van der Waals surface area (Å²) in [6.45, 7) is 6.49. The predicted octanol–water partition coefficient (Wildman–Crippen LogP) is 2.86. The van der Waals surface area contributed by atoms with Crippen LogP contribution in [0.15, 0.2) is 34.3 Å². The zero-order valence-corrected chi connectivity index (χ0v) is 13.4. The topological polar surface area (TPSA) is 74.8 Å². The standard InChI is InChI=1S/C13H20ClN5.ClH/c1-4-16-13(19-12(15)17-9(2)3)18-11-7-5-10(14)6-8-11;/h5-9H,4H2,1-3H3,(H4,15,16,17,18,19);1H. The summed E-state index contributed by atoms with van der Waals surface area (Å²) in [7, 11) is 0. The Bertz CT molecular complexity index is 454.